The Morgan fingerprint density at radius 1 is 1.21 bits per heavy atom. The number of likely N-dealkylation sites (tertiary alicyclic amines) is 1. The van der Waals surface area contributed by atoms with Gasteiger partial charge in [0.15, 0.2) is 0 Å². The van der Waals surface area contributed by atoms with Crippen molar-refractivity contribution in [2.24, 2.45) is 11.3 Å². The van der Waals surface area contributed by atoms with Crippen molar-refractivity contribution in [3.63, 3.8) is 0 Å². The van der Waals surface area contributed by atoms with Crippen molar-refractivity contribution in [3.8, 4) is 0 Å². The van der Waals surface area contributed by atoms with E-state index < -0.39 is 15.7 Å². The number of amides is 1. The molecule has 1 aliphatic heterocycles. The van der Waals surface area contributed by atoms with Gasteiger partial charge in [0.2, 0.25) is 0 Å². The zero-order chi connectivity index (χ0) is 20.3. The van der Waals surface area contributed by atoms with Gasteiger partial charge < -0.3 is 9.64 Å². The molecule has 3 aliphatic rings. The SMILES string of the molecule is Cc1ccc(S(=O)(=O)OCC2C[C@@H]3N(C(=O)OC(C)(C)C)[C@H]4CCC43C2)cc1. The summed E-state index contributed by atoms with van der Waals surface area (Å²) >= 11 is 0. The molecular formula is C21H29NO5S. The molecule has 3 fully saturated rings. The number of hydrogen-bond acceptors (Lipinski definition) is 5. The van der Waals surface area contributed by atoms with Crippen molar-refractivity contribution >= 4 is 16.2 Å². The van der Waals surface area contributed by atoms with E-state index in [0.29, 0.717) is 0 Å². The molecular weight excluding hydrogens is 378 g/mol. The average molecular weight is 408 g/mol. The lowest BCUT2D eigenvalue weighted by atomic mass is 9.53. The first kappa shape index (κ1) is 19.7. The Balaban J connectivity index is 1.39. The highest BCUT2D eigenvalue weighted by Gasteiger charge is 2.71. The highest BCUT2D eigenvalue weighted by molar-refractivity contribution is 7.86. The summed E-state index contributed by atoms with van der Waals surface area (Å²) in [7, 11) is -3.75. The summed E-state index contributed by atoms with van der Waals surface area (Å²) in [5.74, 6) is 0.139. The fraction of sp³-hybridized carbons (Fsp3) is 0.667. The third-order valence-electron chi connectivity index (χ3n) is 6.48. The second-order valence-corrected chi connectivity index (χ2v) is 11.2. The normalized spacial score (nSPS) is 31.4. The van der Waals surface area contributed by atoms with Gasteiger partial charge in [-0.1, -0.05) is 17.7 Å². The Hall–Kier alpha value is -1.60. The zero-order valence-electron chi connectivity index (χ0n) is 17.0. The number of nitrogens with zero attached hydrogens (tertiary/aromatic N) is 1. The number of ether oxygens (including phenoxy) is 1. The van der Waals surface area contributed by atoms with Crippen LogP contribution in [0.15, 0.2) is 29.2 Å². The summed E-state index contributed by atoms with van der Waals surface area (Å²) in [5.41, 5.74) is 0.643. The standard InChI is InChI=1S/C21H29NO5S/c1-14-5-7-16(8-6-14)28(24,25)26-13-15-11-18-21(12-15)10-9-17(21)22(18)19(23)27-20(2,3)4/h5-8,15,17-18H,9-13H2,1-4H3/t15?,17-,18-,21?/m0/s1. The summed E-state index contributed by atoms with van der Waals surface area (Å²) in [5, 5.41) is 0. The summed E-state index contributed by atoms with van der Waals surface area (Å²) < 4.78 is 35.9. The second-order valence-electron chi connectivity index (χ2n) is 9.55. The maximum Gasteiger partial charge on any atom is 0.410 e. The van der Waals surface area contributed by atoms with Gasteiger partial charge in [-0.15, -0.1) is 0 Å². The van der Waals surface area contributed by atoms with Gasteiger partial charge in [-0.3, -0.25) is 4.18 Å². The summed E-state index contributed by atoms with van der Waals surface area (Å²) in [6.45, 7) is 7.71. The lowest BCUT2D eigenvalue weighted by Gasteiger charge is -2.67. The van der Waals surface area contributed by atoms with Crippen LogP contribution in [-0.4, -0.2) is 43.7 Å². The molecule has 1 saturated heterocycles. The van der Waals surface area contributed by atoms with Crippen LogP contribution in [-0.2, 0) is 19.0 Å². The molecule has 154 valence electrons. The van der Waals surface area contributed by atoms with Gasteiger partial charge in [0.25, 0.3) is 10.1 Å². The lowest BCUT2D eigenvalue weighted by molar-refractivity contribution is -0.175. The van der Waals surface area contributed by atoms with E-state index >= 15 is 0 Å². The first-order chi connectivity index (χ1) is 13.0. The monoisotopic (exact) mass is 407 g/mol. The number of carbonyl (C=O) groups is 1. The van der Waals surface area contributed by atoms with E-state index in [1.165, 1.54) is 0 Å². The van der Waals surface area contributed by atoms with Crippen LogP contribution in [0.1, 0.15) is 52.0 Å². The number of hydrogen-bond donors (Lipinski definition) is 0. The smallest absolute Gasteiger partial charge is 0.410 e. The molecule has 4 atom stereocenters. The van der Waals surface area contributed by atoms with Gasteiger partial charge in [-0.25, -0.2) is 4.79 Å². The summed E-state index contributed by atoms with van der Waals surface area (Å²) in [6, 6.07) is 7.08. The minimum Gasteiger partial charge on any atom is -0.444 e. The van der Waals surface area contributed by atoms with Crippen LogP contribution in [0.3, 0.4) is 0 Å². The van der Waals surface area contributed by atoms with Gasteiger partial charge in [0, 0.05) is 17.5 Å². The van der Waals surface area contributed by atoms with Crippen LogP contribution in [0.25, 0.3) is 0 Å². The summed E-state index contributed by atoms with van der Waals surface area (Å²) in [6.07, 6.45) is 3.56. The van der Waals surface area contributed by atoms with Crippen LogP contribution < -0.4 is 0 Å². The fourth-order valence-corrected chi connectivity index (χ4v) is 6.15. The number of piperidine rings is 1. The van der Waals surface area contributed by atoms with E-state index in [0.717, 1.165) is 31.2 Å². The van der Waals surface area contributed by atoms with Crippen LogP contribution >= 0.6 is 0 Å². The van der Waals surface area contributed by atoms with Crippen LogP contribution in [0.4, 0.5) is 4.79 Å². The van der Waals surface area contributed by atoms with Crippen LogP contribution in [0, 0.1) is 18.3 Å². The maximum atomic E-state index is 12.6. The predicted octanol–water partition coefficient (Wildman–Crippen LogP) is 3.88. The maximum absolute atomic E-state index is 12.6. The van der Waals surface area contributed by atoms with E-state index in [4.69, 9.17) is 8.92 Å². The number of rotatable bonds is 4. The van der Waals surface area contributed by atoms with Crippen LogP contribution in [0.5, 0.6) is 0 Å². The third-order valence-corrected chi connectivity index (χ3v) is 7.78. The number of benzene rings is 1. The minimum absolute atomic E-state index is 0.139. The first-order valence-corrected chi connectivity index (χ1v) is 11.4. The molecule has 1 aromatic carbocycles. The molecule has 1 spiro atoms. The molecule has 2 saturated carbocycles. The van der Waals surface area contributed by atoms with E-state index in [1.54, 1.807) is 24.3 Å². The molecule has 2 aliphatic carbocycles. The molecule has 0 radical (unpaired) electrons. The molecule has 0 bridgehead atoms. The van der Waals surface area contributed by atoms with Crippen molar-refractivity contribution in [1.29, 1.82) is 0 Å². The van der Waals surface area contributed by atoms with Crippen molar-refractivity contribution in [2.75, 3.05) is 6.61 Å². The van der Waals surface area contributed by atoms with Gasteiger partial charge in [-0.2, -0.15) is 8.42 Å². The predicted molar refractivity (Wildman–Crippen MR) is 104 cm³/mol. The molecule has 1 amide bonds. The van der Waals surface area contributed by atoms with Crippen molar-refractivity contribution in [3.05, 3.63) is 29.8 Å². The minimum atomic E-state index is -3.75. The zero-order valence-corrected chi connectivity index (χ0v) is 17.8. The lowest BCUT2D eigenvalue weighted by Crippen LogP contribution is -2.76. The molecule has 7 heteroatoms. The van der Waals surface area contributed by atoms with E-state index in [2.05, 4.69) is 0 Å². The van der Waals surface area contributed by atoms with Crippen molar-refractivity contribution in [2.45, 2.75) is 76.0 Å². The second kappa shape index (κ2) is 6.46. The first-order valence-electron chi connectivity index (χ1n) is 9.99. The highest BCUT2D eigenvalue weighted by Crippen LogP contribution is 2.66. The van der Waals surface area contributed by atoms with Gasteiger partial charge in [0.1, 0.15) is 5.60 Å². The van der Waals surface area contributed by atoms with E-state index in [1.807, 2.05) is 32.6 Å². The van der Waals surface area contributed by atoms with Gasteiger partial charge in [0.05, 0.1) is 11.5 Å². The molecule has 4 rings (SSSR count). The Morgan fingerprint density at radius 3 is 2.46 bits per heavy atom. The van der Waals surface area contributed by atoms with Gasteiger partial charge >= 0.3 is 6.09 Å². The molecule has 1 heterocycles. The van der Waals surface area contributed by atoms with Gasteiger partial charge in [-0.05, 0) is 71.4 Å². The Bertz CT molecular complexity index is 873. The topological polar surface area (TPSA) is 72.9 Å². The molecule has 28 heavy (non-hydrogen) atoms. The van der Waals surface area contributed by atoms with E-state index in [9.17, 15) is 13.2 Å². The largest absolute Gasteiger partial charge is 0.444 e. The number of carbonyl (C=O) groups excluding carboxylic acids is 1. The average Bonchev–Trinajstić information content (AvgIpc) is 2.94. The third kappa shape index (κ3) is 3.22. The Morgan fingerprint density at radius 2 is 1.89 bits per heavy atom. The van der Waals surface area contributed by atoms with E-state index in [-0.39, 0.29) is 41.0 Å². The number of aryl methyl sites for hydroxylation is 1. The summed E-state index contributed by atoms with van der Waals surface area (Å²) in [4.78, 5) is 14.7. The fourth-order valence-electron chi connectivity index (χ4n) is 5.17. The quantitative estimate of drug-likeness (QED) is 0.708. The molecule has 0 aromatic heterocycles. The van der Waals surface area contributed by atoms with Crippen molar-refractivity contribution in [1.82, 2.24) is 4.90 Å². The molecule has 6 nitrogen and oxygen atoms in total. The Kier molecular flexibility index (Phi) is 4.54. The molecule has 1 aromatic rings. The van der Waals surface area contributed by atoms with Crippen molar-refractivity contribution < 1.29 is 22.1 Å². The van der Waals surface area contributed by atoms with Crippen LogP contribution in [0.2, 0.25) is 0 Å². The molecule has 2 unspecified atom stereocenters. The Labute approximate surface area is 167 Å². The highest BCUT2D eigenvalue weighted by atomic mass is 32.2. The molecule has 0 N–H and O–H groups in total.